The molecule has 1 aromatic rings. The van der Waals surface area contributed by atoms with Crippen molar-refractivity contribution in [2.24, 2.45) is 0 Å². The van der Waals surface area contributed by atoms with E-state index in [1.807, 2.05) is 0 Å². The van der Waals surface area contributed by atoms with Crippen molar-refractivity contribution < 1.29 is 13.2 Å². The van der Waals surface area contributed by atoms with Crippen molar-refractivity contribution in [1.82, 2.24) is 0 Å². The molecule has 0 atom stereocenters. The smallest absolute Gasteiger partial charge is 0.232 e. The van der Waals surface area contributed by atoms with Crippen molar-refractivity contribution in [3.05, 3.63) is 24.3 Å². The van der Waals surface area contributed by atoms with E-state index in [2.05, 4.69) is 4.72 Å². The second-order valence-electron chi connectivity index (χ2n) is 3.35. The zero-order valence-electron chi connectivity index (χ0n) is 9.14. The first-order valence-electron chi connectivity index (χ1n) is 4.89. The highest BCUT2D eigenvalue weighted by Crippen LogP contribution is 2.18. The molecule has 0 saturated heterocycles. The number of nitrogen functional groups attached to an aromatic ring is 1. The maximum Gasteiger partial charge on any atom is 0.232 e. The van der Waals surface area contributed by atoms with Gasteiger partial charge in [0.25, 0.3) is 0 Å². The number of methoxy groups -OCH3 is 1. The Labute approximate surface area is 95.7 Å². The molecule has 1 aromatic carbocycles. The van der Waals surface area contributed by atoms with Crippen LogP contribution in [0, 0.1) is 0 Å². The molecule has 6 heteroatoms. The lowest BCUT2D eigenvalue weighted by Crippen LogP contribution is -2.18. The van der Waals surface area contributed by atoms with E-state index in [-0.39, 0.29) is 5.75 Å². The Morgan fingerprint density at radius 2 is 2.06 bits per heavy atom. The Morgan fingerprint density at radius 3 is 2.69 bits per heavy atom. The topological polar surface area (TPSA) is 81.4 Å². The van der Waals surface area contributed by atoms with Gasteiger partial charge in [0.2, 0.25) is 10.0 Å². The number of hydrogen-bond acceptors (Lipinski definition) is 4. The number of sulfonamides is 1. The minimum Gasteiger partial charge on any atom is -0.397 e. The molecule has 0 fully saturated rings. The van der Waals surface area contributed by atoms with Gasteiger partial charge in [0, 0.05) is 13.7 Å². The quantitative estimate of drug-likeness (QED) is 0.579. The van der Waals surface area contributed by atoms with Crippen LogP contribution in [0.25, 0.3) is 0 Å². The molecule has 0 radical (unpaired) electrons. The molecule has 0 bridgehead atoms. The minimum atomic E-state index is -3.34. The van der Waals surface area contributed by atoms with E-state index in [1.165, 1.54) is 7.11 Å². The molecule has 0 unspecified atom stereocenters. The maximum absolute atomic E-state index is 11.6. The Balaban J connectivity index is 2.63. The first kappa shape index (κ1) is 12.8. The van der Waals surface area contributed by atoms with Gasteiger partial charge in [0.1, 0.15) is 0 Å². The maximum atomic E-state index is 11.6. The summed E-state index contributed by atoms with van der Waals surface area (Å²) >= 11 is 0. The second kappa shape index (κ2) is 5.72. The van der Waals surface area contributed by atoms with Crippen molar-refractivity contribution in [2.45, 2.75) is 6.42 Å². The lowest BCUT2D eigenvalue weighted by molar-refractivity contribution is 0.199. The van der Waals surface area contributed by atoms with Crippen molar-refractivity contribution in [1.29, 1.82) is 0 Å². The Bertz CT molecular complexity index is 431. The standard InChI is InChI=1S/C10H16N2O3S/c1-15-7-4-8-16(13,14)12-10-6-3-2-5-9(10)11/h2-3,5-6,12H,4,7-8,11H2,1H3. The molecule has 90 valence electrons. The molecule has 3 N–H and O–H groups in total. The summed E-state index contributed by atoms with van der Waals surface area (Å²) in [6.45, 7) is 0.422. The van der Waals surface area contributed by atoms with E-state index in [4.69, 9.17) is 10.5 Å². The summed E-state index contributed by atoms with van der Waals surface area (Å²) in [6.07, 6.45) is 0.457. The molecular formula is C10H16N2O3S. The van der Waals surface area contributed by atoms with E-state index >= 15 is 0 Å². The molecule has 0 amide bonds. The summed E-state index contributed by atoms with van der Waals surface area (Å²) < 4.78 is 30.4. The summed E-state index contributed by atoms with van der Waals surface area (Å²) in [5, 5.41) is 0. The third kappa shape index (κ3) is 4.08. The summed E-state index contributed by atoms with van der Waals surface area (Å²) in [5.74, 6) is 0.0230. The zero-order chi connectivity index (χ0) is 12.0. The summed E-state index contributed by atoms with van der Waals surface area (Å²) in [6, 6.07) is 6.75. The second-order valence-corrected chi connectivity index (χ2v) is 5.20. The van der Waals surface area contributed by atoms with Crippen LogP contribution in [-0.4, -0.2) is 27.9 Å². The summed E-state index contributed by atoms with van der Waals surface area (Å²) in [4.78, 5) is 0. The van der Waals surface area contributed by atoms with Gasteiger partial charge in [-0.25, -0.2) is 8.42 Å². The highest BCUT2D eigenvalue weighted by Gasteiger charge is 2.11. The van der Waals surface area contributed by atoms with Crippen LogP contribution >= 0.6 is 0 Å². The highest BCUT2D eigenvalue weighted by molar-refractivity contribution is 7.92. The molecule has 16 heavy (non-hydrogen) atoms. The first-order valence-corrected chi connectivity index (χ1v) is 6.54. The number of anilines is 2. The van der Waals surface area contributed by atoms with Crippen molar-refractivity contribution >= 4 is 21.4 Å². The zero-order valence-corrected chi connectivity index (χ0v) is 9.96. The van der Waals surface area contributed by atoms with E-state index in [0.717, 1.165) is 0 Å². The Morgan fingerprint density at radius 1 is 1.38 bits per heavy atom. The lowest BCUT2D eigenvalue weighted by Gasteiger charge is -2.09. The lowest BCUT2D eigenvalue weighted by atomic mass is 10.3. The van der Waals surface area contributed by atoms with E-state index in [0.29, 0.717) is 24.4 Å². The van der Waals surface area contributed by atoms with Crippen LogP contribution in [0.3, 0.4) is 0 Å². The third-order valence-electron chi connectivity index (χ3n) is 1.99. The fraction of sp³-hybridized carbons (Fsp3) is 0.400. The van der Waals surface area contributed by atoms with Gasteiger partial charge >= 0.3 is 0 Å². The van der Waals surface area contributed by atoms with E-state index in [1.54, 1.807) is 24.3 Å². The molecule has 0 saturated carbocycles. The van der Waals surface area contributed by atoms with Crippen LogP contribution in [0.1, 0.15) is 6.42 Å². The number of nitrogens with one attached hydrogen (secondary N) is 1. The van der Waals surface area contributed by atoms with Crippen LogP contribution < -0.4 is 10.5 Å². The first-order chi connectivity index (χ1) is 7.55. The monoisotopic (exact) mass is 244 g/mol. The minimum absolute atomic E-state index is 0.0230. The van der Waals surface area contributed by atoms with Gasteiger partial charge in [0.05, 0.1) is 17.1 Å². The van der Waals surface area contributed by atoms with Crippen LogP contribution in [-0.2, 0) is 14.8 Å². The number of rotatable bonds is 6. The molecule has 0 aliphatic rings. The molecule has 0 aromatic heterocycles. The third-order valence-corrected chi connectivity index (χ3v) is 3.34. The SMILES string of the molecule is COCCCS(=O)(=O)Nc1ccccc1N. The number of benzene rings is 1. The number of para-hydroxylation sites is 2. The molecule has 0 spiro atoms. The average molecular weight is 244 g/mol. The van der Waals surface area contributed by atoms with Gasteiger partial charge < -0.3 is 10.5 Å². The molecule has 1 rings (SSSR count). The van der Waals surface area contributed by atoms with Gasteiger partial charge in [-0.05, 0) is 18.6 Å². The predicted octanol–water partition coefficient (Wildman–Crippen LogP) is 1.05. The molecule has 0 aliphatic heterocycles. The highest BCUT2D eigenvalue weighted by atomic mass is 32.2. The average Bonchev–Trinajstić information content (AvgIpc) is 2.21. The van der Waals surface area contributed by atoms with Gasteiger partial charge in [0.15, 0.2) is 0 Å². The Kier molecular flexibility index (Phi) is 4.57. The normalized spacial score (nSPS) is 11.3. The number of hydrogen-bond donors (Lipinski definition) is 2. The van der Waals surface area contributed by atoms with Crippen molar-refractivity contribution in [2.75, 3.05) is 29.9 Å². The van der Waals surface area contributed by atoms with Crippen molar-refractivity contribution in [3.63, 3.8) is 0 Å². The predicted molar refractivity (Wildman–Crippen MR) is 64.8 cm³/mol. The van der Waals surface area contributed by atoms with Crippen LogP contribution in [0.15, 0.2) is 24.3 Å². The number of nitrogens with two attached hydrogens (primary N) is 1. The fourth-order valence-electron chi connectivity index (χ4n) is 1.20. The molecule has 5 nitrogen and oxygen atoms in total. The Hall–Kier alpha value is -1.27. The fourth-order valence-corrected chi connectivity index (χ4v) is 2.32. The van der Waals surface area contributed by atoms with Gasteiger partial charge in [-0.15, -0.1) is 0 Å². The van der Waals surface area contributed by atoms with Gasteiger partial charge in [-0.2, -0.15) is 0 Å². The van der Waals surface area contributed by atoms with E-state index in [9.17, 15) is 8.42 Å². The molecule has 0 heterocycles. The van der Waals surface area contributed by atoms with Gasteiger partial charge in [-0.3, -0.25) is 4.72 Å². The molecule has 0 aliphatic carbocycles. The summed E-state index contributed by atoms with van der Waals surface area (Å²) in [7, 11) is -1.80. The largest absolute Gasteiger partial charge is 0.397 e. The molecular weight excluding hydrogens is 228 g/mol. The van der Waals surface area contributed by atoms with Crippen LogP contribution in [0.4, 0.5) is 11.4 Å². The van der Waals surface area contributed by atoms with Crippen LogP contribution in [0.5, 0.6) is 0 Å². The van der Waals surface area contributed by atoms with Crippen LogP contribution in [0.2, 0.25) is 0 Å². The summed E-state index contributed by atoms with van der Waals surface area (Å²) in [5.41, 5.74) is 6.46. The van der Waals surface area contributed by atoms with E-state index < -0.39 is 10.0 Å². The number of ether oxygens (including phenoxy) is 1. The van der Waals surface area contributed by atoms with Crippen molar-refractivity contribution in [3.8, 4) is 0 Å². The van der Waals surface area contributed by atoms with Gasteiger partial charge in [-0.1, -0.05) is 12.1 Å².